The van der Waals surface area contributed by atoms with Gasteiger partial charge in [-0.25, -0.2) is 0 Å². The van der Waals surface area contributed by atoms with Crippen LogP contribution in [0.25, 0.3) is 0 Å². The summed E-state index contributed by atoms with van der Waals surface area (Å²) < 4.78 is 18.2. The minimum Gasteiger partial charge on any atom is -0.462 e. The van der Waals surface area contributed by atoms with Gasteiger partial charge < -0.3 is 14.2 Å². The Morgan fingerprint density at radius 2 is 1.52 bits per heavy atom. The predicted octanol–water partition coefficient (Wildman–Crippen LogP) is 4.83. The third-order valence-corrected chi connectivity index (χ3v) is 8.50. The van der Waals surface area contributed by atoms with Crippen molar-refractivity contribution in [2.75, 3.05) is 0 Å². The van der Waals surface area contributed by atoms with Crippen LogP contribution in [0, 0.1) is 22.7 Å². The van der Waals surface area contributed by atoms with E-state index in [-0.39, 0.29) is 46.5 Å². The van der Waals surface area contributed by atoms with Crippen molar-refractivity contribution in [1.29, 1.82) is 0 Å². The Kier molecular flexibility index (Phi) is 5.47. The molecule has 0 radical (unpaired) electrons. The molecule has 0 aromatic rings. The average Bonchev–Trinajstić information content (AvgIpc) is 2.58. The van der Waals surface area contributed by atoms with E-state index in [2.05, 4.69) is 34.3 Å². The molecule has 1 aliphatic heterocycles. The van der Waals surface area contributed by atoms with Gasteiger partial charge in [0.05, 0.1) is 5.60 Å². The molecule has 0 unspecified atom stereocenters. The number of fused-ring (bicyclic) bond motifs is 3. The van der Waals surface area contributed by atoms with E-state index in [0.29, 0.717) is 5.92 Å². The van der Waals surface area contributed by atoms with E-state index >= 15 is 0 Å². The third-order valence-electron chi connectivity index (χ3n) is 8.50. The van der Waals surface area contributed by atoms with Crippen molar-refractivity contribution in [3.63, 3.8) is 0 Å². The molecule has 3 fully saturated rings. The summed E-state index contributed by atoms with van der Waals surface area (Å²) in [5, 5.41) is 0. The zero-order chi connectivity index (χ0) is 21.8. The summed E-state index contributed by atoms with van der Waals surface area (Å²) in [5.41, 5.74) is -1.08. The van der Waals surface area contributed by atoms with E-state index in [1.807, 2.05) is 6.92 Å². The molecular formula is C24H38O5. The van der Waals surface area contributed by atoms with Gasteiger partial charge in [-0.2, -0.15) is 0 Å². The molecule has 164 valence electrons. The molecule has 5 nitrogen and oxygen atoms in total. The quantitative estimate of drug-likeness (QED) is 0.496. The summed E-state index contributed by atoms with van der Waals surface area (Å²) in [7, 11) is 0. The van der Waals surface area contributed by atoms with Crippen LogP contribution >= 0.6 is 0 Å². The normalized spacial score (nSPS) is 46.0. The summed E-state index contributed by atoms with van der Waals surface area (Å²) in [6, 6.07) is 0. The van der Waals surface area contributed by atoms with Gasteiger partial charge in [0.2, 0.25) is 0 Å². The van der Waals surface area contributed by atoms with Gasteiger partial charge in [0.15, 0.2) is 0 Å². The monoisotopic (exact) mass is 406 g/mol. The molecule has 0 aromatic heterocycles. The Morgan fingerprint density at radius 3 is 2.07 bits per heavy atom. The van der Waals surface area contributed by atoms with Crippen LogP contribution in [0.2, 0.25) is 0 Å². The van der Waals surface area contributed by atoms with Crippen molar-refractivity contribution >= 4 is 11.9 Å². The molecule has 2 aliphatic carbocycles. The maximum Gasteiger partial charge on any atom is 0.303 e. The van der Waals surface area contributed by atoms with Crippen molar-refractivity contribution in [1.82, 2.24) is 0 Å². The first kappa shape index (κ1) is 22.3. The number of ether oxygens (including phenoxy) is 3. The van der Waals surface area contributed by atoms with Crippen molar-refractivity contribution < 1.29 is 23.8 Å². The number of rotatable bonds is 3. The molecule has 1 saturated heterocycles. The molecule has 29 heavy (non-hydrogen) atoms. The fourth-order valence-electron chi connectivity index (χ4n) is 7.09. The first-order valence-corrected chi connectivity index (χ1v) is 11.0. The second-order valence-corrected chi connectivity index (χ2v) is 10.7. The van der Waals surface area contributed by atoms with Gasteiger partial charge in [-0.1, -0.05) is 26.8 Å². The van der Waals surface area contributed by atoms with Crippen LogP contribution in [-0.4, -0.2) is 35.3 Å². The fraction of sp³-hybridized carbons (Fsp3) is 0.833. The molecule has 1 heterocycles. The highest BCUT2D eigenvalue weighted by Gasteiger charge is 2.65. The Hall–Kier alpha value is -1.36. The molecule has 5 heteroatoms. The van der Waals surface area contributed by atoms with Crippen molar-refractivity contribution in [2.24, 2.45) is 22.7 Å². The second kappa shape index (κ2) is 7.11. The van der Waals surface area contributed by atoms with Crippen LogP contribution in [-0.2, 0) is 23.8 Å². The zero-order valence-electron chi connectivity index (χ0n) is 19.2. The van der Waals surface area contributed by atoms with Gasteiger partial charge in [-0.3, -0.25) is 9.59 Å². The Labute approximate surface area is 175 Å². The molecule has 0 spiro atoms. The summed E-state index contributed by atoms with van der Waals surface area (Å²) in [6.45, 7) is 18.0. The number of hydrogen-bond donors (Lipinski definition) is 0. The first-order chi connectivity index (χ1) is 13.3. The Morgan fingerprint density at radius 1 is 0.931 bits per heavy atom. The first-order valence-electron chi connectivity index (χ1n) is 11.0. The maximum absolute atomic E-state index is 11.8. The lowest BCUT2D eigenvalue weighted by atomic mass is 9.43. The van der Waals surface area contributed by atoms with E-state index < -0.39 is 5.60 Å². The van der Waals surface area contributed by atoms with E-state index in [1.54, 1.807) is 6.08 Å². The Balaban J connectivity index is 1.96. The minimum atomic E-state index is -0.690. The molecular weight excluding hydrogens is 368 g/mol. The summed E-state index contributed by atoms with van der Waals surface area (Å²) in [5.74, 6) is 0.168. The molecule has 0 bridgehead atoms. The highest BCUT2D eigenvalue weighted by molar-refractivity contribution is 5.66. The van der Waals surface area contributed by atoms with Crippen LogP contribution in [0.4, 0.5) is 0 Å². The van der Waals surface area contributed by atoms with E-state index in [0.717, 1.165) is 32.1 Å². The molecule has 3 aliphatic rings. The molecule has 3 rings (SSSR count). The fourth-order valence-corrected chi connectivity index (χ4v) is 7.09. The molecule has 0 N–H and O–H groups in total. The topological polar surface area (TPSA) is 61.8 Å². The molecule has 7 atom stereocenters. The lowest BCUT2D eigenvalue weighted by Crippen LogP contribution is -2.67. The summed E-state index contributed by atoms with van der Waals surface area (Å²) in [6.07, 6.45) is 5.93. The van der Waals surface area contributed by atoms with Crippen LogP contribution in [0.15, 0.2) is 12.7 Å². The highest BCUT2D eigenvalue weighted by Crippen LogP contribution is 2.66. The average molecular weight is 407 g/mol. The number of hydrogen-bond acceptors (Lipinski definition) is 5. The van der Waals surface area contributed by atoms with Crippen molar-refractivity contribution in [2.45, 2.75) is 104 Å². The number of carbonyl (C=O) groups excluding carboxylic acids is 2. The maximum atomic E-state index is 11.8. The van der Waals surface area contributed by atoms with Crippen LogP contribution in [0.5, 0.6) is 0 Å². The minimum absolute atomic E-state index is 0.0219. The SMILES string of the molecule is C=C[C@]1(C)O[C@@]2(C)CC[C@@H]3C(C)(C)[C@@H](OC(C)=O)CC[C@@]3(C)[C@@H]2C[C@H]1OC(C)=O. The largest absolute Gasteiger partial charge is 0.462 e. The lowest BCUT2D eigenvalue weighted by Gasteiger charge is -2.66. The Bertz CT molecular complexity index is 699. The summed E-state index contributed by atoms with van der Waals surface area (Å²) >= 11 is 0. The van der Waals surface area contributed by atoms with Crippen molar-refractivity contribution in [3.8, 4) is 0 Å². The molecule has 0 amide bonds. The molecule has 0 aromatic carbocycles. The van der Waals surface area contributed by atoms with Gasteiger partial charge in [-0.05, 0) is 63.2 Å². The van der Waals surface area contributed by atoms with Crippen LogP contribution < -0.4 is 0 Å². The van der Waals surface area contributed by atoms with Gasteiger partial charge >= 0.3 is 11.9 Å². The standard InChI is InChI=1S/C24H38O5/c1-9-23(7)20(28-16(3)26)14-18-22(6)12-11-19(27-15(2)25)21(4,5)17(22)10-13-24(18,8)29-23/h9,17-20H,1,10-14H2,2-8H3/t17-,18+,19+,20-,22-,23+,24+/m1/s1. The highest BCUT2D eigenvalue weighted by atomic mass is 16.6. The van der Waals surface area contributed by atoms with Gasteiger partial charge in [0.1, 0.15) is 17.8 Å². The van der Waals surface area contributed by atoms with E-state index in [4.69, 9.17) is 14.2 Å². The molecule has 2 saturated carbocycles. The number of esters is 2. The van der Waals surface area contributed by atoms with Gasteiger partial charge in [0.25, 0.3) is 0 Å². The van der Waals surface area contributed by atoms with Gasteiger partial charge in [0, 0.05) is 19.3 Å². The second-order valence-electron chi connectivity index (χ2n) is 10.7. The predicted molar refractivity (Wildman–Crippen MR) is 111 cm³/mol. The zero-order valence-corrected chi connectivity index (χ0v) is 19.2. The van der Waals surface area contributed by atoms with Gasteiger partial charge in [-0.15, -0.1) is 6.58 Å². The van der Waals surface area contributed by atoms with Crippen LogP contribution in [0.3, 0.4) is 0 Å². The number of carbonyl (C=O) groups is 2. The van der Waals surface area contributed by atoms with E-state index in [9.17, 15) is 9.59 Å². The van der Waals surface area contributed by atoms with Crippen molar-refractivity contribution in [3.05, 3.63) is 12.7 Å². The van der Waals surface area contributed by atoms with E-state index in [1.165, 1.54) is 13.8 Å². The third kappa shape index (κ3) is 3.54. The lowest BCUT2D eigenvalue weighted by molar-refractivity contribution is -0.291. The van der Waals surface area contributed by atoms with Crippen LogP contribution in [0.1, 0.15) is 80.6 Å². The smallest absolute Gasteiger partial charge is 0.303 e. The summed E-state index contributed by atoms with van der Waals surface area (Å²) in [4.78, 5) is 23.5.